The zero-order valence-electron chi connectivity index (χ0n) is 17.2. The number of piperidine rings is 2. The molecule has 3 aliphatic heterocycles. The van der Waals surface area contributed by atoms with Crippen molar-refractivity contribution in [3.63, 3.8) is 0 Å². The molecular weight excluding hydrogens is 420 g/mol. The van der Waals surface area contributed by atoms with Gasteiger partial charge in [-0.25, -0.2) is 4.72 Å². The normalized spacial score (nSPS) is 22.7. The Morgan fingerprint density at radius 1 is 1.13 bits per heavy atom. The van der Waals surface area contributed by atoms with E-state index < -0.39 is 22.2 Å². The minimum Gasteiger partial charge on any atom is -0.322 e. The monoisotopic (exact) mass is 444 g/mol. The predicted molar refractivity (Wildman–Crippen MR) is 112 cm³/mol. The third-order valence-corrected chi connectivity index (χ3v) is 7.61. The van der Waals surface area contributed by atoms with Crippen LogP contribution in [0.2, 0.25) is 0 Å². The van der Waals surface area contributed by atoms with Crippen molar-refractivity contribution >= 4 is 27.9 Å². The number of fused-ring (bicyclic) bond motifs is 1. The summed E-state index contributed by atoms with van der Waals surface area (Å²) in [5, 5.41) is 2.30. The van der Waals surface area contributed by atoms with E-state index in [-0.39, 0.29) is 30.7 Å². The highest BCUT2D eigenvalue weighted by molar-refractivity contribution is 7.87. The maximum atomic E-state index is 12.9. The molecule has 2 fully saturated rings. The average Bonchev–Trinajstić information content (AvgIpc) is 3.09. The first-order chi connectivity index (χ1) is 14.8. The number of benzene rings is 1. The van der Waals surface area contributed by atoms with Crippen molar-refractivity contribution in [3.05, 3.63) is 34.9 Å². The number of imide groups is 1. The molecule has 0 bridgehead atoms. The topological polar surface area (TPSA) is 116 Å². The summed E-state index contributed by atoms with van der Waals surface area (Å²) >= 11 is 0. The number of hydrogen-bond acceptors (Lipinski definition) is 5. The highest BCUT2D eigenvalue weighted by Crippen LogP contribution is 2.29. The van der Waals surface area contributed by atoms with Crippen molar-refractivity contribution < 1.29 is 22.8 Å². The Bertz CT molecular complexity index is 1100. The van der Waals surface area contributed by atoms with E-state index in [1.807, 2.05) is 6.07 Å². The lowest BCUT2D eigenvalue weighted by molar-refractivity contribution is -0.136. The first kappa shape index (κ1) is 21.5. The predicted octanol–water partition coefficient (Wildman–Crippen LogP) is -0.0247. The molecule has 2 N–H and O–H groups in total. The smallest absolute Gasteiger partial charge is 0.279 e. The van der Waals surface area contributed by atoms with Crippen molar-refractivity contribution in [1.29, 1.82) is 0 Å². The van der Waals surface area contributed by atoms with Crippen molar-refractivity contribution in [2.75, 3.05) is 20.1 Å². The summed E-state index contributed by atoms with van der Waals surface area (Å²) in [4.78, 5) is 38.0. The van der Waals surface area contributed by atoms with Gasteiger partial charge in [-0.15, -0.1) is 0 Å². The largest absolute Gasteiger partial charge is 0.322 e. The van der Waals surface area contributed by atoms with E-state index in [0.29, 0.717) is 37.9 Å². The van der Waals surface area contributed by atoms with Gasteiger partial charge in [0.2, 0.25) is 11.8 Å². The van der Waals surface area contributed by atoms with E-state index >= 15 is 0 Å². The summed E-state index contributed by atoms with van der Waals surface area (Å²) in [6.07, 6.45) is 1.82. The Morgan fingerprint density at radius 2 is 1.87 bits per heavy atom. The van der Waals surface area contributed by atoms with Crippen molar-refractivity contribution in [1.82, 2.24) is 19.2 Å². The van der Waals surface area contributed by atoms with Gasteiger partial charge in [-0.3, -0.25) is 19.7 Å². The molecule has 0 aromatic heterocycles. The van der Waals surface area contributed by atoms with Gasteiger partial charge < -0.3 is 4.90 Å². The molecule has 3 aliphatic rings. The number of carbonyl (C=O) groups is 3. The van der Waals surface area contributed by atoms with E-state index in [2.05, 4.69) is 21.9 Å². The summed E-state index contributed by atoms with van der Waals surface area (Å²) < 4.78 is 27.5. The first-order valence-electron chi connectivity index (χ1n) is 10.3. The summed E-state index contributed by atoms with van der Waals surface area (Å²) in [7, 11) is -2.01. The molecule has 0 radical (unpaired) electrons. The van der Waals surface area contributed by atoms with E-state index in [9.17, 15) is 22.8 Å². The molecule has 1 aromatic carbocycles. The Morgan fingerprint density at radius 3 is 2.55 bits per heavy atom. The van der Waals surface area contributed by atoms with Gasteiger partial charge in [-0.1, -0.05) is 17.9 Å². The molecule has 3 heterocycles. The van der Waals surface area contributed by atoms with Gasteiger partial charge in [0.25, 0.3) is 16.1 Å². The van der Waals surface area contributed by atoms with Crippen LogP contribution < -0.4 is 10.0 Å². The number of nitrogens with zero attached hydrogens (tertiary/aromatic N) is 2. The minimum atomic E-state index is -3.41. The van der Waals surface area contributed by atoms with Crippen LogP contribution in [-0.2, 0) is 26.3 Å². The number of rotatable bonds is 3. The summed E-state index contributed by atoms with van der Waals surface area (Å²) in [6.45, 7) is 1.11. The maximum absolute atomic E-state index is 12.9. The Labute approximate surface area is 181 Å². The molecule has 1 atom stereocenters. The molecule has 9 nitrogen and oxygen atoms in total. The lowest BCUT2D eigenvalue weighted by atomic mass is 9.97. The fourth-order valence-electron chi connectivity index (χ4n) is 4.25. The second-order valence-electron chi connectivity index (χ2n) is 7.88. The van der Waals surface area contributed by atoms with Gasteiger partial charge in [-0.05, 0) is 37.0 Å². The van der Waals surface area contributed by atoms with Gasteiger partial charge >= 0.3 is 0 Å². The lowest BCUT2D eigenvalue weighted by Gasteiger charge is -2.29. The van der Waals surface area contributed by atoms with Crippen LogP contribution in [0.1, 0.15) is 47.2 Å². The average molecular weight is 445 g/mol. The van der Waals surface area contributed by atoms with Gasteiger partial charge in [0, 0.05) is 50.1 Å². The van der Waals surface area contributed by atoms with Crippen molar-refractivity contribution in [2.45, 2.75) is 38.3 Å². The van der Waals surface area contributed by atoms with Crippen LogP contribution in [-0.4, -0.2) is 61.5 Å². The highest BCUT2D eigenvalue weighted by Gasteiger charge is 2.39. The van der Waals surface area contributed by atoms with Gasteiger partial charge in [0.05, 0.1) is 0 Å². The molecule has 1 aromatic rings. The minimum absolute atomic E-state index is 0.0718. The summed E-state index contributed by atoms with van der Waals surface area (Å²) in [5.41, 5.74) is 2.07. The van der Waals surface area contributed by atoms with Crippen LogP contribution in [0.25, 0.3) is 0 Å². The fraction of sp³-hybridized carbons (Fsp3) is 0.476. The lowest BCUT2D eigenvalue weighted by Crippen LogP contribution is -2.52. The molecule has 0 aliphatic carbocycles. The number of carbonyl (C=O) groups excluding carboxylic acids is 3. The molecule has 0 saturated carbocycles. The number of hydrogen-bond donors (Lipinski definition) is 2. The standard InChI is InChI=1S/C21H24N4O5S/c1-22-31(29,30)24-11-9-14(10-12-24)5-6-15-3-2-4-16-17(15)13-25(21(16)28)18-7-8-19(26)23-20(18)27/h2-4,14,18,22H,7-13H2,1H3,(H,23,26,27). The molecule has 4 rings (SSSR count). The quantitative estimate of drug-likeness (QED) is 0.502. The second kappa shape index (κ2) is 8.42. The Kier molecular flexibility index (Phi) is 5.83. The third kappa shape index (κ3) is 4.21. The summed E-state index contributed by atoms with van der Waals surface area (Å²) in [5.74, 6) is 5.51. The van der Waals surface area contributed by atoms with Crippen LogP contribution in [0.3, 0.4) is 0 Å². The van der Waals surface area contributed by atoms with Crippen LogP contribution in [0.5, 0.6) is 0 Å². The van der Waals surface area contributed by atoms with Crippen LogP contribution >= 0.6 is 0 Å². The number of amides is 3. The third-order valence-electron chi connectivity index (χ3n) is 6.04. The SMILES string of the molecule is CNS(=O)(=O)N1CCC(C#Cc2cccc3c2CN(C2CCC(=O)NC2=O)C3=O)CC1. The van der Waals surface area contributed by atoms with Gasteiger partial charge in [0.15, 0.2) is 0 Å². The summed E-state index contributed by atoms with van der Waals surface area (Å²) in [6, 6.07) is 4.71. The van der Waals surface area contributed by atoms with Gasteiger partial charge in [0.1, 0.15) is 6.04 Å². The van der Waals surface area contributed by atoms with E-state index in [1.54, 1.807) is 12.1 Å². The van der Waals surface area contributed by atoms with Crippen LogP contribution in [0.4, 0.5) is 0 Å². The molecular formula is C21H24N4O5S. The first-order valence-corrected chi connectivity index (χ1v) is 11.7. The molecule has 10 heteroatoms. The highest BCUT2D eigenvalue weighted by atomic mass is 32.2. The van der Waals surface area contributed by atoms with E-state index in [1.165, 1.54) is 16.3 Å². The van der Waals surface area contributed by atoms with Crippen molar-refractivity contribution in [3.8, 4) is 11.8 Å². The van der Waals surface area contributed by atoms with E-state index in [0.717, 1.165) is 11.1 Å². The molecule has 1 unspecified atom stereocenters. The maximum Gasteiger partial charge on any atom is 0.279 e. The molecule has 164 valence electrons. The number of nitrogens with one attached hydrogen (secondary N) is 2. The Hall–Kier alpha value is -2.74. The fourth-order valence-corrected chi connectivity index (χ4v) is 5.20. The zero-order chi connectivity index (χ0) is 22.2. The molecule has 3 amide bonds. The van der Waals surface area contributed by atoms with Gasteiger partial charge in [-0.2, -0.15) is 12.7 Å². The van der Waals surface area contributed by atoms with Crippen LogP contribution in [0.15, 0.2) is 18.2 Å². The molecule has 2 saturated heterocycles. The Balaban J connectivity index is 1.48. The van der Waals surface area contributed by atoms with E-state index in [4.69, 9.17) is 0 Å². The van der Waals surface area contributed by atoms with Crippen molar-refractivity contribution in [2.24, 2.45) is 5.92 Å². The molecule has 31 heavy (non-hydrogen) atoms. The second-order valence-corrected chi connectivity index (χ2v) is 9.76. The molecule has 0 spiro atoms. The zero-order valence-corrected chi connectivity index (χ0v) is 18.0. The van der Waals surface area contributed by atoms with Crippen LogP contribution in [0, 0.1) is 17.8 Å².